The standard InChI is InChI=1S/C13H19NO2/c1-16-10-13(7-2-3-8-14-13)11-5-4-6-12(15)9-11/h4-6,9,14-15H,2-3,7-8,10H2,1H3. The molecule has 1 aliphatic heterocycles. The summed E-state index contributed by atoms with van der Waals surface area (Å²) in [7, 11) is 1.72. The van der Waals surface area contributed by atoms with E-state index in [1.54, 1.807) is 13.2 Å². The number of piperidine rings is 1. The summed E-state index contributed by atoms with van der Waals surface area (Å²) < 4.78 is 5.33. The summed E-state index contributed by atoms with van der Waals surface area (Å²) in [5.41, 5.74) is 1.00. The molecule has 1 heterocycles. The molecule has 1 unspecified atom stereocenters. The molecule has 16 heavy (non-hydrogen) atoms. The molecule has 1 fully saturated rings. The van der Waals surface area contributed by atoms with Gasteiger partial charge in [-0.25, -0.2) is 0 Å². The molecule has 1 saturated heterocycles. The number of phenols is 1. The smallest absolute Gasteiger partial charge is 0.115 e. The maximum atomic E-state index is 9.56. The van der Waals surface area contributed by atoms with Gasteiger partial charge in [-0.1, -0.05) is 12.1 Å². The van der Waals surface area contributed by atoms with Gasteiger partial charge in [-0.15, -0.1) is 0 Å². The lowest BCUT2D eigenvalue weighted by molar-refractivity contribution is 0.0882. The fourth-order valence-electron chi connectivity index (χ4n) is 2.47. The fraction of sp³-hybridized carbons (Fsp3) is 0.538. The minimum atomic E-state index is -0.119. The number of nitrogens with one attached hydrogen (secondary N) is 1. The molecule has 0 bridgehead atoms. The van der Waals surface area contributed by atoms with E-state index >= 15 is 0 Å². The lowest BCUT2D eigenvalue weighted by Crippen LogP contribution is -2.49. The minimum Gasteiger partial charge on any atom is -0.508 e. The second-order valence-electron chi connectivity index (χ2n) is 4.45. The van der Waals surface area contributed by atoms with Crippen LogP contribution in [0.15, 0.2) is 24.3 Å². The predicted molar refractivity (Wildman–Crippen MR) is 63.5 cm³/mol. The van der Waals surface area contributed by atoms with Crippen molar-refractivity contribution in [3.05, 3.63) is 29.8 Å². The molecule has 0 radical (unpaired) electrons. The van der Waals surface area contributed by atoms with Gasteiger partial charge in [0.1, 0.15) is 5.75 Å². The highest BCUT2D eigenvalue weighted by Crippen LogP contribution is 2.32. The molecule has 3 nitrogen and oxygen atoms in total. The van der Waals surface area contributed by atoms with Crippen LogP contribution in [-0.2, 0) is 10.3 Å². The molecular weight excluding hydrogens is 202 g/mol. The number of hydrogen-bond acceptors (Lipinski definition) is 3. The van der Waals surface area contributed by atoms with Crippen LogP contribution in [-0.4, -0.2) is 25.4 Å². The van der Waals surface area contributed by atoms with E-state index in [9.17, 15) is 5.11 Å². The number of ether oxygens (including phenoxy) is 1. The van der Waals surface area contributed by atoms with Crippen LogP contribution in [0, 0.1) is 0 Å². The van der Waals surface area contributed by atoms with Crippen molar-refractivity contribution in [2.24, 2.45) is 0 Å². The van der Waals surface area contributed by atoms with Crippen molar-refractivity contribution in [2.45, 2.75) is 24.8 Å². The van der Waals surface area contributed by atoms with Gasteiger partial charge in [-0.05, 0) is 43.5 Å². The minimum absolute atomic E-state index is 0.119. The van der Waals surface area contributed by atoms with E-state index in [1.165, 1.54) is 12.8 Å². The van der Waals surface area contributed by atoms with Crippen LogP contribution in [0.2, 0.25) is 0 Å². The largest absolute Gasteiger partial charge is 0.508 e. The molecular formula is C13H19NO2. The van der Waals surface area contributed by atoms with Gasteiger partial charge in [0.15, 0.2) is 0 Å². The van der Waals surface area contributed by atoms with Crippen molar-refractivity contribution >= 4 is 0 Å². The van der Waals surface area contributed by atoms with E-state index < -0.39 is 0 Å². The number of aromatic hydroxyl groups is 1. The second-order valence-corrected chi connectivity index (χ2v) is 4.45. The predicted octanol–water partition coefficient (Wildman–Crippen LogP) is 2.01. The fourth-order valence-corrected chi connectivity index (χ4v) is 2.47. The van der Waals surface area contributed by atoms with Crippen molar-refractivity contribution in [1.29, 1.82) is 0 Å². The van der Waals surface area contributed by atoms with Gasteiger partial charge >= 0.3 is 0 Å². The number of hydrogen-bond donors (Lipinski definition) is 2. The van der Waals surface area contributed by atoms with Crippen molar-refractivity contribution in [3.63, 3.8) is 0 Å². The zero-order valence-electron chi connectivity index (χ0n) is 9.70. The SMILES string of the molecule is COCC1(c2cccc(O)c2)CCCCN1. The summed E-state index contributed by atoms with van der Waals surface area (Å²) in [5, 5.41) is 13.1. The molecule has 88 valence electrons. The molecule has 1 aromatic rings. The summed E-state index contributed by atoms with van der Waals surface area (Å²) >= 11 is 0. The van der Waals surface area contributed by atoms with Crippen LogP contribution in [0.5, 0.6) is 5.75 Å². The molecule has 1 aliphatic rings. The summed E-state index contributed by atoms with van der Waals surface area (Å²) in [6, 6.07) is 7.47. The van der Waals surface area contributed by atoms with Gasteiger partial charge in [-0.2, -0.15) is 0 Å². The van der Waals surface area contributed by atoms with E-state index in [0.29, 0.717) is 12.4 Å². The Morgan fingerprint density at radius 2 is 2.31 bits per heavy atom. The second kappa shape index (κ2) is 4.85. The van der Waals surface area contributed by atoms with Gasteiger partial charge in [0, 0.05) is 7.11 Å². The Labute approximate surface area is 96.4 Å². The Bertz CT molecular complexity index is 340. The molecule has 0 aliphatic carbocycles. The quantitative estimate of drug-likeness (QED) is 0.820. The first-order valence-electron chi connectivity index (χ1n) is 5.80. The monoisotopic (exact) mass is 221 g/mol. The van der Waals surface area contributed by atoms with Gasteiger partial charge in [0.05, 0.1) is 12.1 Å². The topological polar surface area (TPSA) is 41.5 Å². The summed E-state index contributed by atoms with van der Waals surface area (Å²) in [4.78, 5) is 0. The normalized spacial score (nSPS) is 25.6. The van der Waals surface area contributed by atoms with E-state index in [2.05, 4.69) is 11.4 Å². The first-order chi connectivity index (χ1) is 7.77. The molecule has 0 amide bonds. The Kier molecular flexibility index (Phi) is 3.46. The number of rotatable bonds is 3. The van der Waals surface area contributed by atoms with Crippen LogP contribution in [0.4, 0.5) is 0 Å². The third-order valence-corrected chi connectivity index (χ3v) is 3.28. The van der Waals surface area contributed by atoms with Crippen molar-refractivity contribution in [3.8, 4) is 5.75 Å². The molecule has 2 N–H and O–H groups in total. The summed E-state index contributed by atoms with van der Waals surface area (Å²) in [6.45, 7) is 1.66. The maximum absolute atomic E-state index is 9.56. The van der Waals surface area contributed by atoms with Crippen LogP contribution in [0.25, 0.3) is 0 Å². The molecule has 1 aromatic carbocycles. The number of phenolic OH excluding ortho intramolecular Hbond substituents is 1. The first kappa shape index (κ1) is 11.4. The lowest BCUT2D eigenvalue weighted by atomic mass is 9.83. The zero-order valence-corrected chi connectivity index (χ0v) is 9.70. The Balaban J connectivity index is 2.30. The highest BCUT2D eigenvalue weighted by molar-refractivity contribution is 5.33. The van der Waals surface area contributed by atoms with Crippen molar-refractivity contribution < 1.29 is 9.84 Å². The van der Waals surface area contributed by atoms with E-state index in [4.69, 9.17) is 4.74 Å². The first-order valence-corrected chi connectivity index (χ1v) is 5.80. The molecule has 3 heteroatoms. The van der Waals surface area contributed by atoms with E-state index in [0.717, 1.165) is 18.5 Å². The van der Waals surface area contributed by atoms with Gasteiger partial charge in [0.2, 0.25) is 0 Å². The van der Waals surface area contributed by atoms with Crippen molar-refractivity contribution in [1.82, 2.24) is 5.32 Å². The van der Waals surface area contributed by atoms with Crippen LogP contribution < -0.4 is 5.32 Å². The lowest BCUT2D eigenvalue weighted by Gasteiger charge is -2.38. The third kappa shape index (κ3) is 2.20. The van der Waals surface area contributed by atoms with Gasteiger partial charge in [0.25, 0.3) is 0 Å². The Hall–Kier alpha value is -1.06. The van der Waals surface area contributed by atoms with Crippen molar-refractivity contribution in [2.75, 3.05) is 20.3 Å². The summed E-state index contributed by atoms with van der Waals surface area (Å²) in [5.74, 6) is 0.320. The van der Waals surface area contributed by atoms with Crippen LogP contribution in [0.1, 0.15) is 24.8 Å². The maximum Gasteiger partial charge on any atom is 0.115 e. The van der Waals surface area contributed by atoms with Crippen LogP contribution in [0.3, 0.4) is 0 Å². The molecule has 2 rings (SSSR count). The number of benzene rings is 1. The van der Waals surface area contributed by atoms with Crippen LogP contribution >= 0.6 is 0 Å². The molecule has 0 aromatic heterocycles. The molecule has 0 saturated carbocycles. The van der Waals surface area contributed by atoms with E-state index in [-0.39, 0.29) is 5.54 Å². The number of methoxy groups -OCH3 is 1. The Morgan fingerprint density at radius 3 is 2.94 bits per heavy atom. The average Bonchev–Trinajstić information content (AvgIpc) is 2.31. The summed E-state index contributed by atoms with van der Waals surface area (Å²) in [6.07, 6.45) is 3.47. The van der Waals surface area contributed by atoms with E-state index in [1.807, 2.05) is 12.1 Å². The molecule has 1 atom stereocenters. The molecule has 0 spiro atoms. The highest BCUT2D eigenvalue weighted by atomic mass is 16.5. The van der Waals surface area contributed by atoms with Gasteiger partial charge in [-0.3, -0.25) is 0 Å². The Morgan fingerprint density at radius 1 is 1.44 bits per heavy atom. The zero-order chi connectivity index (χ0) is 11.4. The average molecular weight is 221 g/mol. The third-order valence-electron chi connectivity index (χ3n) is 3.28. The van der Waals surface area contributed by atoms with Gasteiger partial charge < -0.3 is 15.2 Å². The highest BCUT2D eigenvalue weighted by Gasteiger charge is 2.33.